The average Bonchev–Trinajstić information content (AvgIpc) is 1.27. The smallest absolute Gasteiger partial charge is 0.0522 e. The third kappa shape index (κ3) is 9.80. The molecule has 0 unspecified atom stereocenters. The molecule has 0 aromatic carbocycles. The maximum atomic E-state index is 5.25. The number of hydrogen-bond donors (Lipinski definition) is 0. The first kappa shape index (κ1) is 11.4. The topological polar surface area (TPSA) is 9.23 Å². The Bertz CT molecular complexity index is 37.8. The Morgan fingerprint density at radius 2 is 1.12 bits per heavy atom. The SMILES string of the molecule is CC(C)OC(C)C.[Pd]. The van der Waals surface area contributed by atoms with E-state index in [1.165, 1.54) is 0 Å². The zero-order chi connectivity index (χ0) is 5.86. The second-order valence-electron chi connectivity index (χ2n) is 2.23. The standard InChI is InChI=1S/C6H14O.Pd/c1-5(2)7-6(3)4;/h5-6H,1-4H3;. The Balaban J connectivity index is 0. The van der Waals surface area contributed by atoms with Gasteiger partial charge in [0.25, 0.3) is 0 Å². The van der Waals surface area contributed by atoms with Crippen molar-refractivity contribution in [2.45, 2.75) is 39.9 Å². The third-order valence-electron chi connectivity index (χ3n) is 0.544. The van der Waals surface area contributed by atoms with Gasteiger partial charge in [0.15, 0.2) is 0 Å². The van der Waals surface area contributed by atoms with Gasteiger partial charge in [-0.3, -0.25) is 0 Å². The molecule has 0 aromatic rings. The molecule has 2 heteroatoms. The molecule has 0 saturated heterocycles. The molecule has 54 valence electrons. The quantitative estimate of drug-likeness (QED) is 0.629. The van der Waals surface area contributed by atoms with E-state index in [2.05, 4.69) is 0 Å². The second-order valence-corrected chi connectivity index (χ2v) is 2.23. The molecule has 0 radical (unpaired) electrons. The van der Waals surface area contributed by atoms with E-state index in [1.54, 1.807) is 0 Å². The summed E-state index contributed by atoms with van der Waals surface area (Å²) in [6.45, 7) is 8.17. The van der Waals surface area contributed by atoms with E-state index >= 15 is 0 Å². The molecule has 8 heavy (non-hydrogen) atoms. The Morgan fingerprint density at radius 1 is 0.875 bits per heavy atom. The summed E-state index contributed by atoms with van der Waals surface area (Å²) in [5.41, 5.74) is 0. The predicted molar refractivity (Wildman–Crippen MR) is 31.4 cm³/mol. The van der Waals surface area contributed by atoms with E-state index in [-0.39, 0.29) is 20.4 Å². The average molecular weight is 209 g/mol. The molecule has 0 saturated carbocycles. The molecule has 0 aliphatic heterocycles. The molecule has 1 nitrogen and oxygen atoms in total. The summed E-state index contributed by atoms with van der Waals surface area (Å²) in [5.74, 6) is 0. The van der Waals surface area contributed by atoms with Crippen LogP contribution in [0.1, 0.15) is 27.7 Å². The summed E-state index contributed by atoms with van der Waals surface area (Å²) in [4.78, 5) is 0. The van der Waals surface area contributed by atoms with Gasteiger partial charge in [0.1, 0.15) is 0 Å². The van der Waals surface area contributed by atoms with Crippen molar-refractivity contribution >= 4 is 0 Å². The Morgan fingerprint density at radius 3 is 1.12 bits per heavy atom. The Labute approximate surface area is 65.5 Å². The van der Waals surface area contributed by atoms with Crippen LogP contribution in [0.15, 0.2) is 0 Å². The zero-order valence-corrected chi connectivity index (χ0v) is 7.43. The fraction of sp³-hybridized carbons (Fsp3) is 1.00. The van der Waals surface area contributed by atoms with Crippen LogP contribution < -0.4 is 0 Å². The maximum Gasteiger partial charge on any atom is 0.0522 e. The van der Waals surface area contributed by atoms with E-state index in [0.717, 1.165) is 0 Å². The van der Waals surface area contributed by atoms with Gasteiger partial charge in [0, 0.05) is 20.4 Å². The van der Waals surface area contributed by atoms with Gasteiger partial charge in [-0.05, 0) is 27.7 Å². The van der Waals surface area contributed by atoms with Crippen molar-refractivity contribution in [3.63, 3.8) is 0 Å². The Hall–Kier alpha value is 0.622. The number of hydrogen-bond acceptors (Lipinski definition) is 1. The molecule has 0 heterocycles. The summed E-state index contributed by atoms with van der Waals surface area (Å²) < 4.78 is 5.25. The molecule has 0 N–H and O–H groups in total. The first-order valence-electron chi connectivity index (χ1n) is 2.78. The largest absolute Gasteiger partial charge is 0.376 e. The van der Waals surface area contributed by atoms with Gasteiger partial charge in [-0.25, -0.2) is 0 Å². The Kier molecular flexibility index (Phi) is 8.22. The number of ether oxygens (including phenoxy) is 1. The van der Waals surface area contributed by atoms with Crippen LogP contribution in [-0.4, -0.2) is 12.2 Å². The fourth-order valence-electron chi connectivity index (χ4n) is 0.544. The monoisotopic (exact) mass is 208 g/mol. The molecular formula is C6H14OPd. The molecular weight excluding hydrogens is 194 g/mol. The van der Waals surface area contributed by atoms with Crippen LogP contribution >= 0.6 is 0 Å². The summed E-state index contributed by atoms with van der Waals surface area (Å²) in [6, 6.07) is 0. The van der Waals surface area contributed by atoms with Gasteiger partial charge in [0.05, 0.1) is 12.2 Å². The van der Waals surface area contributed by atoms with Crippen molar-refractivity contribution in [3.8, 4) is 0 Å². The van der Waals surface area contributed by atoms with Crippen molar-refractivity contribution in [2.24, 2.45) is 0 Å². The molecule has 0 aromatic heterocycles. The van der Waals surface area contributed by atoms with Crippen LogP contribution in [-0.2, 0) is 25.2 Å². The van der Waals surface area contributed by atoms with Crippen LogP contribution in [0.3, 0.4) is 0 Å². The van der Waals surface area contributed by atoms with Gasteiger partial charge in [-0.2, -0.15) is 0 Å². The molecule has 0 spiro atoms. The van der Waals surface area contributed by atoms with Crippen LogP contribution in [0.2, 0.25) is 0 Å². The van der Waals surface area contributed by atoms with Gasteiger partial charge in [0.2, 0.25) is 0 Å². The van der Waals surface area contributed by atoms with Gasteiger partial charge < -0.3 is 4.74 Å². The molecule has 0 aliphatic rings. The molecule has 0 rings (SSSR count). The van der Waals surface area contributed by atoms with Crippen molar-refractivity contribution in [1.29, 1.82) is 0 Å². The molecule has 0 amide bonds. The molecule has 0 aliphatic carbocycles. The van der Waals surface area contributed by atoms with Crippen molar-refractivity contribution in [2.75, 3.05) is 0 Å². The zero-order valence-electron chi connectivity index (χ0n) is 5.88. The van der Waals surface area contributed by atoms with Crippen LogP contribution in [0.4, 0.5) is 0 Å². The van der Waals surface area contributed by atoms with Crippen molar-refractivity contribution in [3.05, 3.63) is 0 Å². The minimum absolute atomic E-state index is 0. The van der Waals surface area contributed by atoms with Crippen molar-refractivity contribution in [1.82, 2.24) is 0 Å². The van der Waals surface area contributed by atoms with Gasteiger partial charge in [-0.1, -0.05) is 0 Å². The first-order chi connectivity index (χ1) is 3.13. The fourth-order valence-corrected chi connectivity index (χ4v) is 0.544. The maximum absolute atomic E-state index is 5.25. The van der Waals surface area contributed by atoms with Crippen molar-refractivity contribution < 1.29 is 25.2 Å². The molecule has 0 atom stereocenters. The second kappa shape index (κ2) is 5.75. The summed E-state index contributed by atoms with van der Waals surface area (Å²) in [5, 5.41) is 0. The summed E-state index contributed by atoms with van der Waals surface area (Å²) in [6.07, 6.45) is 0.750. The summed E-state index contributed by atoms with van der Waals surface area (Å²) >= 11 is 0. The molecule has 0 fully saturated rings. The first-order valence-corrected chi connectivity index (χ1v) is 2.78. The van der Waals surface area contributed by atoms with E-state index in [9.17, 15) is 0 Å². The normalized spacial score (nSPS) is 9.75. The van der Waals surface area contributed by atoms with Crippen LogP contribution in [0, 0.1) is 0 Å². The van der Waals surface area contributed by atoms with Crippen LogP contribution in [0.5, 0.6) is 0 Å². The molecule has 0 bridgehead atoms. The van der Waals surface area contributed by atoms with E-state index in [0.29, 0.717) is 12.2 Å². The minimum Gasteiger partial charge on any atom is -0.376 e. The van der Waals surface area contributed by atoms with E-state index < -0.39 is 0 Å². The van der Waals surface area contributed by atoms with E-state index in [4.69, 9.17) is 4.74 Å². The van der Waals surface area contributed by atoms with Crippen LogP contribution in [0.25, 0.3) is 0 Å². The number of rotatable bonds is 2. The summed E-state index contributed by atoms with van der Waals surface area (Å²) in [7, 11) is 0. The third-order valence-corrected chi connectivity index (χ3v) is 0.544. The predicted octanol–water partition coefficient (Wildman–Crippen LogP) is 1.82. The van der Waals surface area contributed by atoms with E-state index in [1.807, 2.05) is 27.7 Å². The van der Waals surface area contributed by atoms with Gasteiger partial charge in [-0.15, -0.1) is 0 Å². The van der Waals surface area contributed by atoms with Gasteiger partial charge >= 0.3 is 0 Å². The minimum atomic E-state index is 0.